The van der Waals surface area contributed by atoms with E-state index < -0.39 is 0 Å². The van der Waals surface area contributed by atoms with Crippen molar-refractivity contribution in [3.63, 3.8) is 0 Å². The number of H-pyrrole nitrogens is 1. The molecule has 0 radical (unpaired) electrons. The van der Waals surface area contributed by atoms with Gasteiger partial charge in [-0.25, -0.2) is 4.98 Å². The summed E-state index contributed by atoms with van der Waals surface area (Å²) in [6, 6.07) is 12.3. The molecule has 9 nitrogen and oxygen atoms in total. The Morgan fingerprint density at radius 2 is 1.94 bits per heavy atom. The standard InChI is InChI=1S/C22H20N8O/c1-2-16-13-24-26-18(16)11-15(1)17-12-19(22-23-5-6-30(22)14-17)25-20-3-4-21(28-27-20)29-7-9-31-10-8-29/h1-6,11-14H,7-10H2,(H,24,26)(H,25,27). The van der Waals surface area contributed by atoms with Crippen LogP contribution < -0.4 is 10.2 Å². The quantitative estimate of drug-likeness (QED) is 0.468. The van der Waals surface area contributed by atoms with Crippen molar-refractivity contribution in [1.29, 1.82) is 0 Å². The van der Waals surface area contributed by atoms with E-state index in [-0.39, 0.29) is 0 Å². The van der Waals surface area contributed by atoms with Crippen LogP contribution in [0.2, 0.25) is 0 Å². The summed E-state index contributed by atoms with van der Waals surface area (Å²) in [5.41, 5.74) is 4.83. The molecule has 5 aromatic rings. The van der Waals surface area contributed by atoms with Gasteiger partial charge in [0, 0.05) is 42.6 Å². The van der Waals surface area contributed by atoms with Gasteiger partial charge in [-0.15, -0.1) is 10.2 Å². The Hall–Kier alpha value is -3.98. The maximum atomic E-state index is 5.41. The molecular formula is C22H20N8O. The number of nitrogens with one attached hydrogen (secondary N) is 2. The van der Waals surface area contributed by atoms with Crippen LogP contribution in [0.25, 0.3) is 27.7 Å². The highest BCUT2D eigenvalue weighted by Gasteiger charge is 2.14. The van der Waals surface area contributed by atoms with Crippen LogP contribution in [0, 0.1) is 0 Å². The maximum Gasteiger partial charge on any atom is 0.160 e. The Morgan fingerprint density at radius 3 is 2.81 bits per heavy atom. The van der Waals surface area contributed by atoms with Gasteiger partial charge in [-0.1, -0.05) is 12.1 Å². The first kappa shape index (κ1) is 17.8. The number of imidazole rings is 1. The van der Waals surface area contributed by atoms with E-state index in [9.17, 15) is 0 Å². The SMILES string of the molecule is c1cn2cc(-c3ccc4cn[nH]c4c3)cc(Nc3ccc(N4CCOCC4)nn3)c2n1. The zero-order valence-electron chi connectivity index (χ0n) is 16.7. The fraction of sp³-hybridized carbons (Fsp3) is 0.182. The lowest BCUT2D eigenvalue weighted by Crippen LogP contribution is -2.36. The molecule has 1 aliphatic rings. The summed E-state index contributed by atoms with van der Waals surface area (Å²) in [6.45, 7) is 3.10. The number of pyridine rings is 1. The van der Waals surface area contributed by atoms with Gasteiger partial charge in [0.05, 0.1) is 30.6 Å². The van der Waals surface area contributed by atoms with Crippen molar-refractivity contribution in [2.45, 2.75) is 0 Å². The van der Waals surface area contributed by atoms with Crippen LogP contribution >= 0.6 is 0 Å². The number of hydrogen-bond acceptors (Lipinski definition) is 7. The Morgan fingerprint density at radius 1 is 1.00 bits per heavy atom. The zero-order chi connectivity index (χ0) is 20.6. The highest BCUT2D eigenvalue weighted by molar-refractivity contribution is 5.86. The first-order valence-corrected chi connectivity index (χ1v) is 10.2. The summed E-state index contributed by atoms with van der Waals surface area (Å²) in [6.07, 6.45) is 7.62. The molecule has 1 saturated heterocycles. The van der Waals surface area contributed by atoms with Crippen LogP contribution in [0.3, 0.4) is 0 Å². The van der Waals surface area contributed by atoms with E-state index in [1.165, 1.54) is 0 Å². The summed E-state index contributed by atoms with van der Waals surface area (Å²) in [4.78, 5) is 6.68. The molecule has 1 fully saturated rings. The van der Waals surface area contributed by atoms with Gasteiger partial charge in [-0.05, 0) is 29.8 Å². The highest BCUT2D eigenvalue weighted by atomic mass is 16.5. The predicted octanol–water partition coefficient (Wildman–Crippen LogP) is 3.25. The Labute approximate surface area is 177 Å². The minimum Gasteiger partial charge on any atom is -0.378 e. The Balaban J connectivity index is 1.33. The first-order chi connectivity index (χ1) is 15.3. The largest absolute Gasteiger partial charge is 0.378 e. The van der Waals surface area contributed by atoms with Gasteiger partial charge >= 0.3 is 0 Å². The minimum absolute atomic E-state index is 0.670. The molecule has 2 N–H and O–H groups in total. The molecule has 154 valence electrons. The van der Waals surface area contributed by atoms with Gasteiger partial charge in [-0.3, -0.25) is 5.10 Å². The van der Waals surface area contributed by atoms with Crippen molar-refractivity contribution in [3.8, 4) is 11.1 Å². The third-order valence-corrected chi connectivity index (χ3v) is 5.51. The van der Waals surface area contributed by atoms with Gasteiger partial charge in [0.15, 0.2) is 17.3 Å². The molecule has 0 unspecified atom stereocenters. The van der Waals surface area contributed by atoms with Crippen LogP contribution in [0.4, 0.5) is 17.3 Å². The topological polar surface area (TPSA) is 96.3 Å². The predicted molar refractivity (Wildman–Crippen MR) is 119 cm³/mol. The molecule has 9 heteroatoms. The average molecular weight is 412 g/mol. The number of benzene rings is 1. The molecule has 0 atom stereocenters. The smallest absolute Gasteiger partial charge is 0.160 e. The van der Waals surface area contributed by atoms with Crippen LogP contribution in [0.1, 0.15) is 0 Å². The molecular weight excluding hydrogens is 392 g/mol. The van der Waals surface area contributed by atoms with E-state index in [1.807, 2.05) is 28.9 Å². The monoisotopic (exact) mass is 412 g/mol. The Bertz CT molecular complexity index is 1350. The highest BCUT2D eigenvalue weighted by Crippen LogP contribution is 2.29. The van der Waals surface area contributed by atoms with E-state index >= 15 is 0 Å². The van der Waals surface area contributed by atoms with Crippen LogP contribution in [-0.2, 0) is 4.74 Å². The van der Waals surface area contributed by atoms with Gasteiger partial charge < -0.3 is 19.4 Å². The second kappa shape index (κ2) is 7.37. The lowest BCUT2D eigenvalue weighted by atomic mass is 10.1. The number of aromatic nitrogens is 6. The minimum atomic E-state index is 0.670. The molecule has 1 aliphatic heterocycles. The number of anilines is 3. The number of morpholine rings is 1. The molecule has 31 heavy (non-hydrogen) atoms. The number of ether oxygens (including phenoxy) is 1. The maximum absolute atomic E-state index is 5.41. The molecule has 0 spiro atoms. The second-order valence-electron chi connectivity index (χ2n) is 7.47. The van der Waals surface area contributed by atoms with Gasteiger partial charge in [0.25, 0.3) is 0 Å². The van der Waals surface area contributed by atoms with E-state index in [1.54, 1.807) is 6.20 Å². The van der Waals surface area contributed by atoms with Crippen molar-refractivity contribution in [3.05, 3.63) is 61.2 Å². The van der Waals surface area contributed by atoms with Gasteiger partial charge in [-0.2, -0.15) is 5.10 Å². The second-order valence-corrected chi connectivity index (χ2v) is 7.47. The molecule has 6 rings (SSSR count). The third kappa shape index (κ3) is 3.34. The number of fused-ring (bicyclic) bond motifs is 2. The van der Waals surface area contributed by atoms with E-state index in [4.69, 9.17) is 4.74 Å². The molecule has 0 amide bonds. The summed E-state index contributed by atoms with van der Waals surface area (Å²) in [5, 5.41) is 20.4. The van der Waals surface area contributed by atoms with Gasteiger partial charge in [0.1, 0.15) is 0 Å². The fourth-order valence-corrected chi connectivity index (χ4v) is 3.89. The fourth-order valence-electron chi connectivity index (χ4n) is 3.89. The summed E-state index contributed by atoms with van der Waals surface area (Å²) >= 11 is 0. The summed E-state index contributed by atoms with van der Waals surface area (Å²) in [7, 11) is 0. The lowest BCUT2D eigenvalue weighted by Gasteiger charge is -2.27. The number of rotatable bonds is 4. The molecule has 4 aromatic heterocycles. The van der Waals surface area contributed by atoms with Gasteiger partial charge in [0.2, 0.25) is 0 Å². The third-order valence-electron chi connectivity index (χ3n) is 5.51. The summed E-state index contributed by atoms with van der Waals surface area (Å²) < 4.78 is 7.41. The van der Waals surface area contributed by atoms with Crippen molar-refractivity contribution in [2.75, 3.05) is 36.5 Å². The number of aromatic amines is 1. The first-order valence-electron chi connectivity index (χ1n) is 10.2. The van der Waals surface area contributed by atoms with Crippen molar-refractivity contribution in [2.24, 2.45) is 0 Å². The average Bonchev–Trinajstić information content (AvgIpc) is 3.49. The zero-order valence-corrected chi connectivity index (χ0v) is 16.7. The van der Waals surface area contributed by atoms with Crippen LogP contribution in [-0.4, -0.2) is 56.1 Å². The molecule has 1 aromatic carbocycles. The number of hydrogen-bond donors (Lipinski definition) is 2. The molecule has 0 bridgehead atoms. The van der Waals surface area contributed by atoms with E-state index in [0.29, 0.717) is 5.82 Å². The van der Waals surface area contributed by atoms with E-state index in [2.05, 4.69) is 66.1 Å². The van der Waals surface area contributed by atoms with Crippen LogP contribution in [0.15, 0.2) is 61.2 Å². The molecule has 0 saturated carbocycles. The van der Waals surface area contributed by atoms with E-state index in [0.717, 1.165) is 65.5 Å². The van der Waals surface area contributed by atoms with Crippen LogP contribution in [0.5, 0.6) is 0 Å². The van der Waals surface area contributed by atoms with Crippen molar-refractivity contribution in [1.82, 2.24) is 29.8 Å². The van der Waals surface area contributed by atoms with Crippen molar-refractivity contribution >= 4 is 33.9 Å². The normalized spacial score (nSPS) is 14.4. The Kier molecular flexibility index (Phi) is 4.24. The lowest BCUT2D eigenvalue weighted by molar-refractivity contribution is 0.122. The molecule has 0 aliphatic carbocycles. The number of nitrogens with zero attached hydrogens (tertiary/aromatic N) is 6. The van der Waals surface area contributed by atoms with Crippen molar-refractivity contribution < 1.29 is 4.74 Å². The molecule has 5 heterocycles. The summed E-state index contributed by atoms with van der Waals surface area (Å²) in [5.74, 6) is 1.53.